The van der Waals surface area contributed by atoms with Crippen molar-refractivity contribution in [3.8, 4) is 0 Å². The lowest BCUT2D eigenvalue weighted by atomic mass is 10.2. The average Bonchev–Trinajstić information content (AvgIpc) is 2.98. The van der Waals surface area contributed by atoms with E-state index in [1.54, 1.807) is 0 Å². The number of rotatable bonds is 5. The van der Waals surface area contributed by atoms with Crippen LogP contribution in [0.4, 0.5) is 4.79 Å². The van der Waals surface area contributed by atoms with E-state index in [0.29, 0.717) is 12.6 Å². The molecule has 23 heavy (non-hydrogen) atoms. The fraction of sp³-hybridized carbons (Fsp3) is 0.765. The summed E-state index contributed by atoms with van der Waals surface area (Å²) in [6.45, 7) is 13.3. The number of carbonyl (C=O) groups excluding carboxylic acids is 1. The second-order valence-electron chi connectivity index (χ2n) is 7.37. The Morgan fingerprint density at radius 3 is 2.74 bits per heavy atom. The predicted molar refractivity (Wildman–Crippen MR) is 90.5 cm³/mol. The number of likely N-dealkylation sites (tertiary alicyclic amines) is 1. The van der Waals surface area contributed by atoms with Gasteiger partial charge in [-0.15, -0.1) is 0 Å². The molecule has 1 saturated heterocycles. The summed E-state index contributed by atoms with van der Waals surface area (Å²) in [6.07, 6.45) is 1.97. The lowest BCUT2D eigenvalue weighted by Crippen LogP contribution is -2.43. The number of alkyl carbamates (subject to hydrolysis) is 1. The van der Waals surface area contributed by atoms with Crippen LogP contribution in [0.25, 0.3) is 0 Å². The molecule has 0 saturated carbocycles. The maximum absolute atomic E-state index is 11.8. The van der Waals surface area contributed by atoms with Crippen molar-refractivity contribution in [1.29, 1.82) is 0 Å². The van der Waals surface area contributed by atoms with E-state index in [1.165, 1.54) is 12.1 Å². The highest BCUT2D eigenvalue weighted by Crippen LogP contribution is 2.17. The second-order valence-corrected chi connectivity index (χ2v) is 7.37. The van der Waals surface area contributed by atoms with E-state index < -0.39 is 5.60 Å². The molecule has 2 rings (SSSR count). The summed E-state index contributed by atoms with van der Waals surface area (Å²) in [5, 5.41) is 7.41. The van der Waals surface area contributed by atoms with E-state index in [9.17, 15) is 4.79 Å². The highest BCUT2D eigenvalue weighted by molar-refractivity contribution is 5.67. The summed E-state index contributed by atoms with van der Waals surface area (Å²) in [5.74, 6) is 0. The molecule has 2 heterocycles. The monoisotopic (exact) mass is 322 g/mol. The van der Waals surface area contributed by atoms with Crippen LogP contribution in [-0.2, 0) is 11.3 Å². The Morgan fingerprint density at radius 2 is 2.13 bits per heavy atom. The Balaban J connectivity index is 1.79. The van der Waals surface area contributed by atoms with E-state index in [1.807, 2.05) is 27.7 Å². The summed E-state index contributed by atoms with van der Waals surface area (Å²) in [5.41, 5.74) is 1.81. The third-order valence-electron chi connectivity index (χ3n) is 4.08. The molecule has 6 nitrogen and oxygen atoms in total. The average molecular weight is 322 g/mol. The van der Waals surface area contributed by atoms with Crippen molar-refractivity contribution in [1.82, 2.24) is 20.0 Å². The van der Waals surface area contributed by atoms with Crippen LogP contribution in [0.5, 0.6) is 0 Å². The molecular weight excluding hydrogens is 292 g/mol. The van der Waals surface area contributed by atoms with Crippen LogP contribution in [0, 0.1) is 13.8 Å². The highest BCUT2D eigenvalue weighted by Gasteiger charge is 2.25. The van der Waals surface area contributed by atoms with E-state index in [4.69, 9.17) is 4.74 Å². The van der Waals surface area contributed by atoms with E-state index in [-0.39, 0.29) is 6.09 Å². The molecule has 0 spiro atoms. The van der Waals surface area contributed by atoms with E-state index in [0.717, 1.165) is 31.7 Å². The Morgan fingerprint density at radius 1 is 1.39 bits per heavy atom. The lowest BCUT2D eigenvalue weighted by molar-refractivity contribution is 0.0513. The number of ether oxygens (including phenoxy) is 1. The van der Waals surface area contributed by atoms with Crippen LogP contribution < -0.4 is 5.32 Å². The Labute approximate surface area is 139 Å². The number of carbonyl (C=O) groups is 1. The molecule has 1 aliphatic rings. The molecule has 0 radical (unpaired) electrons. The van der Waals surface area contributed by atoms with Crippen LogP contribution in [0.1, 0.15) is 45.0 Å². The Bertz CT molecular complexity index is 533. The molecule has 1 atom stereocenters. The molecule has 1 amide bonds. The number of hydrogen-bond acceptors (Lipinski definition) is 4. The molecule has 0 unspecified atom stereocenters. The predicted octanol–water partition coefficient (Wildman–Crippen LogP) is 2.49. The van der Waals surface area contributed by atoms with Gasteiger partial charge in [0.2, 0.25) is 0 Å². The molecule has 130 valence electrons. The molecule has 0 aromatic carbocycles. The number of nitrogens with zero attached hydrogens (tertiary/aromatic N) is 3. The van der Waals surface area contributed by atoms with Crippen molar-refractivity contribution >= 4 is 6.09 Å². The third-order valence-corrected chi connectivity index (χ3v) is 4.08. The summed E-state index contributed by atoms with van der Waals surface area (Å²) in [7, 11) is 0. The largest absolute Gasteiger partial charge is 0.444 e. The van der Waals surface area contributed by atoms with Crippen LogP contribution in [0.3, 0.4) is 0 Å². The number of amides is 1. The minimum absolute atomic E-state index is 0.331. The van der Waals surface area contributed by atoms with Gasteiger partial charge in [0.15, 0.2) is 0 Å². The van der Waals surface area contributed by atoms with Crippen molar-refractivity contribution < 1.29 is 9.53 Å². The minimum Gasteiger partial charge on any atom is -0.444 e. The van der Waals surface area contributed by atoms with E-state index >= 15 is 0 Å². The Kier molecular flexibility index (Phi) is 5.68. The first-order valence-electron chi connectivity index (χ1n) is 8.46. The summed E-state index contributed by atoms with van der Waals surface area (Å²) < 4.78 is 7.36. The van der Waals surface area contributed by atoms with Gasteiger partial charge in [-0.3, -0.25) is 9.58 Å². The van der Waals surface area contributed by atoms with Crippen LogP contribution in [0.2, 0.25) is 0 Å². The molecule has 6 heteroatoms. The normalized spacial score (nSPS) is 19.1. The van der Waals surface area contributed by atoms with Gasteiger partial charge in [0, 0.05) is 24.8 Å². The van der Waals surface area contributed by atoms with E-state index in [2.05, 4.69) is 33.0 Å². The smallest absolute Gasteiger partial charge is 0.407 e. The summed E-state index contributed by atoms with van der Waals surface area (Å²) in [4.78, 5) is 14.2. The maximum Gasteiger partial charge on any atom is 0.407 e. The molecule has 1 aromatic heterocycles. The number of aromatic nitrogens is 2. The summed E-state index contributed by atoms with van der Waals surface area (Å²) >= 11 is 0. The van der Waals surface area contributed by atoms with Gasteiger partial charge in [0.05, 0.1) is 12.2 Å². The molecule has 1 aromatic rings. The quantitative estimate of drug-likeness (QED) is 0.905. The molecular formula is C17H30N4O2. The van der Waals surface area contributed by atoms with Gasteiger partial charge in [-0.25, -0.2) is 4.79 Å². The van der Waals surface area contributed by atoms with Crippen molar-refractivity contribution in [3.05, 3.63) is 17.5 Å². The topological polar surface area (TPSA) is 59.4 Å². The molecule has 0 aliphatic carbocycles. The standard InChI is InChI=1S/C17H30N4O2/c1-13-11-14(2)21(19-13)10-9-20-8-6-7-15(20)12-18-16(22)23-17(3,4)5/h11,15H,6-10,12H2,1-5H3,(H,18,22)/t15-/m1/s1. The van der Waals surface area contributed by atoms with Crippen LogP contribution in [0.15, 0.2) is 6.07 Å². The van der Waals surface area contributed by atoms with Crippen LogP contribution >= 0.6 is 0 Å². The van der Waals surface area contributed by atoms with Crippen molar-refractivity contribution in [2.24, 2.45) is 0 Å². The zero-order valence-corrected chi connectivity index (χ0v) is 15.1. The summed E-state index contributed by atoms with van der Waals surface area (Å²) in [6, 6.07) is 2.49. The van der Waals surface area contributed by atoms with Gasteiger partial charge in [-0.1, -0.05) is 0 Å². The van der Waals surface area contributed by atoms with Crippen LogP contribution in [-0.4, -0.2) is 52.1 Å². The first kappa shape index (κ1) is 17.8. The Hall–Kier alpha value is -1.56. The van der Waals surface area contributed by atoms with Crippen molar-refractivity contribution in [3.63, 3.8) is 0 Å². The lowest BCUT2D eigenvalue weighted by Gasteiger charge is -2.26. The zero-order chi connectivity index (χ0) is 17.0. The highest BCUT2D eigenvalue weighted by atomic mass is 16.6. The van der Waals surface area contributed by atoms with Gasteiger partial charge in [0.25, 0.3) is 0 Å². The zero-order valence-electron chi connectivity index (χ0n) is 15.1. The fourth-order valence-electron chi connectivity index (χ4n) is 3.06. The maximum atomic E-state index is 11.8. The van der Waals surface area contributed by atoms with Crippen molar-refractivity contribution in [2.45, 2.75) is 65.6 Å². The first-order chi connectivity index (χ1) is 10.7. The molecule has 1 aliphatic heterocycles. The van der Waals surface area contributed by atoms with Gasteiger partial charge < -0.3 is 10.1 Å². The third kappa shape index (κ3) is 5.53. The number of aryl methyl sites for hydroxylation is 2. The number of nitrogens with one attached hydrogen (secondary N) is 1. The number of hydrogen-bond donors (Lipinski definition) is 1. The van der Waals surface area contributed by atoms with Gasteiger partial charge in [-0.2, -0.15) is 5.10 Å². The molecule has 1 fully saturated rings. The second kappa shape index (κ2) is 7.34. The molecule has 1 N–H and O–H groups in total. The van der Waals surface area contributed by atoms with Gasteiger partial charge in [-0.05, 0) is 60.1 Å². The SMILES string of the molecule is Cc1cc(C)n(CCN2CCC[C@@H]2CNC(=O)OC(C)(C)C)n1. The first-order valence-corrected chi connectivity index (χ1v) is 8.46. The molecule has 0 bridgehead atoms. The minimum atomic E-state index is -0.449. The van der Waals surface area contributed by atoms with Gasteiger partial charge in [0.1, 0.15) is 5.60 Å². The van der Waals surface area contributed by atoms with Gasteiger partial charge >= 0.3 is 6.09 Å². The van der Waals surface area contributed by atoms with Crippen molar-refractivity contribution in [2.75, 3.05) is 19.6 Å². The fourth-order valence-corrected chi connectivity index (χ4v) is 3.06.